The van der Waals surface area contributed by atoms with Crippen LogP contribution in [0.15, 0.2) is 116 Å². The molecule has 0 amide bonds. The first kappa shape index (κ1) is 39.8. The number of nitrogens with zero attached hydrogens (tertiary/aromatic N) is 3. The van der Waals surface area contributed by atoms with Crippen molar-refractivity contribution in [3.05, 3.63) is 174 Å². The average Bonchev–Trinajstić information content (AvgIpc) is 3.80. The number of pyridine rings is 3. The van der Waals surface area contributed by atoms with E-state index in [1.165, 1.54) is 6.20 Å². The Bertz CT molecular complexity index is 2130. The third-order valence-corrected chi connectivity index (χ3v) is 8.55. The van der Waals surface area contributed by atoms with E-state index >= 15 is 0 Å². The maximum Gasteiger partial charge on any atom is 3.00 e. The molecule has 3 unspecified atom stereocenters. The Morgan fingerprint density at radius 1 is 0.648 bits per heavy atom. The summed E-state index contributed by atoms with van der Waals surface area (Å²) in [6.45, 7) is 0.181. The number of ether oxygens (including phenoxy) is 1. The second-order valence-electron chi connectivity index (χ2n) is 12.1. The van der Waals surface area contributed by atoms with E-state index in [4.69, 9.17) is 4.74 Å². The number of esters is 1. The van der Waals surface area contributed by atoms with E-state index in [0.717, 1.165) is 43.2 Å². The van der Waals surface area contributed by atoms with Crippen LogP contribution in [0.4, 0.5) is 26.3 Å². The van der Waals surface area contributed by atoms with Crippen molar-refractivity contribution in [2.75, 3.05) is 6.61 Å². The molecule has 3 aromatic carbocycles. The number of aromatic nitrogens is 3. The van der Waals surface area contributed by atoms with Crippen molar-refractivity contribution < 1.29 is 56.0 Å². The molecule has 0 N–H and O–H groups in total. The first-order valence-corrected chi connectivity index (χ1v) is 16.4. The topological polar surface area (TPSA) is 65.0 Å². The molecule has 54 heavy (non-hydrogen) atoms. The summed E-state index contributed by atoms with van der Waals surface area (Å²) in [4.78, 5) is 24.2. The second kappa shape index (κ2) is 18.5. The minimum atomic E-state index is -0.989. The molecule has 5 nitrogen and oxygen atoms in total. The molecule has 0 saturated heterocycles. The van der Waals surface area contributed by atoms with Gasteiger partial charge < -0.3 is 19.7 Å². The molecule has 274 valence electrons. The van der Waals surface area contributed by atoms with Gasteiger partial charge in [0.2, 0.25) is 0 Å². The van der Waals surface area contributed by atoms with Crippen LogP contribution in [0.25, 0.3) is 33.8 Å². The van der Waals surface area contributed by atoms with Gasteiger partial charge in [-0.1, -0.05) is 77.4 Å². The van der Waals surface area contributed by atoms with Gasteiger partial charge in [-0.2, -0.15) is 0 Å². The Morgan fingerprint density at radius 2 is 1.15 bits per heavy atom. The smallest absolute Gasteiger partial charge is 0.463 e. The molecule has 3 heterocycles. The zero-order valence-corrected chi connectivity index (χ0v) is 30.5. The van der Waals surface area contributed by atoms with Crippen molar-refractivity contribution in [3.63, 3.8) is 0 Å². The van der Waals surface area contributed by atoms with Crippen LogP contribution in [0.3, 0.4) is 0 Å². The SMILES string of the molecule is Fc1c[c-]c(-c2ccccn2)c(F)c1.Fc1c[c-]c(-c2ccccn2)c(F)c1.O=C(OCC1CC2C=CC1C2)c1c(F)c[c-]c(-c2ccccn2)c1F.[Ir+3]. The van der Waals surface area contributed by atoms with E-state index in [1.54, 1.807) is 67.0 Å². The Labute approximate surface area is 321 Å². The molecular weight excluding hydrogens is 885 g/mol. The van der Waals surface area contributed by atoms with Gasteiger partial charge in [-0.15, -0.1) is 36.4 Å². The molecule has 8 rings (SSSR count). The Hall–Kier alpha value is -5.45. The number of fused-ring (bicyclic) bond motifs is 2. The van der Waals surface area contributed by atoms with Crippen LogP contribution in [0, 0.1) is 70.9 Å². The van der Waals surface area contributed by atoms with Crippen molar-refractivity contribution in [3.8, 4) is 33.8 Å². The average molecular weight is 913 g/mol. The Morgan fingerprint density at radius 3 is 1.57 bits per heavy atom. The molecule has 0 spiro atoms. The number of hydrogen-bond acceptors (Lipinski definition) is 5. The molecular formula is C42H28F6IrN3O2. The summed E-state index contributed by atoms with van der Waals surface area (Å²) in [5.74, 6) is -4.34. The van der Waals surface area contributed by atoms with Crippen molar-refractivity contribution in [1.82, 2.24) is 15.0 Å². The second-order valence-corrected chi connectivity index (χ2v) is 12.1. The number of hydrogen-bond donors (Lipinski definition) is 0. The number of halogens is 6. The molecule has 3 aromatic heterocycles. The number of carbonyl (C=O) groups is 1. The van der Waals surface area contributed by atoms with E-state index in [2.05, 4.69) is 45.3 Å². The zero-order chi connectivity index (χ0) is 37.3. The maximum atomic E-state index is 14.7. The number of benzene rings is 3. The molecule has 0 aliphatic heterocycles. The van der Waals surface area contributed by atoms with Gasteiger partial charge in [0.05, 0.1) is 18.2 Å². The molecule has 1 fully saturated rings. The number of rotatable bonds is 6. The molecule has 1 saturated carbocycles. The third kappa shape index (κ3) is 9.75. The Kier molecular flexibility index (Phi) is 13.6. The minimum absolute atomic E-state index is 0. The molecule has 12 heteroatoms. The molecule has 3 atom stereocenters. The van der Waals surface area contributed by atoms with Crippen LogP contribution in [0.1, 0.15) is 23.2 Å². The summed E-state index contributed by atoms with van der Waals surface area (Å²) in [5.41, 5.74) is 0.830. The molecule has 6 aromatic rings. The first-order chi connectivity index (χ1) is 25.7. The van der Waals surface area contributed by atoms with E-state index in [-0.39, 0.29) is 55.0 Å². The van der Waals surface area contributed by atoms with E-state index in [9.17, 15) is 31.1 Å². The summed E-state index contributed by atoms with van der Waals surface area (Å²) in [6.07, 6.45) is 11.0. The fraction of sp³-hybridized carbons (Fsp3) is 0.143. The summed E-state index contributed by atoms with van der Waals surface area (Å²) in [6, 6.07) is 27.4. The van der Waals surface area contributed by atoms with Crippen LogP contribution < -0.4 is 0 Å². The zero-order valence-electron chi connectivity index (χ0n) is 28.1. The predicted octanol–water partition coefficient (Wildman–Crippen LogP) is 9.85. The van der Waals surface area contributed by atoms with Crippen molar-refractivity contribution >= 4 is 5.97 Å². The van der Waals surface area contributed by atoms with Crippen molar-refractivity contribution in [2.24, 2.45) is 17.8 Å². The largest absolute Gasteiger partial charge is 3.00 e. The monoisotopic (exact) mass is 913 g/mol. The predicted molar refractivity (Wildman–Crippen MR) is 184 cm³/mol. The van der Waals surface area contributed by atoms with Gasteiger partial charge in [0.1, 0.15) is 0 Å². The van der Waals surface area contributed by atoms with Gasteiger partial charge in [-0.05, 0) is 65.9 Å². The molecule has 2 bridgehead atoms. The van der Waals surface area contributed by atoms with Gasteiger partial charge in [-0.25, -0.2) is 4.79 Å². The van der Waals surface area contributed by atoms with E-state index in [1.807, 2.05) is 0 Å². The van der Waals surface area contributed by atoms with Crippen LogP contribution in [-0.2, 0) is 24.8 Å². The summed E-state index contributed by atoms with van der Waals surface area (Å²) in [5, 5.41) is 0. The van der Waals surface area contributed by atoms with Crippen molar-refractivity contribution in [2.45, 2.75) is 12.8 Å². The first-order valence-electron chi connectivity index (χ1n) is 16.4. The molecule has 2 aliphatic carbocycles. The van der Waals surface area contributed by atoms with Gasteiger partial charge in [-0.3, -0.25) is 26.3 Å². The van der Waals surface area contributed by atoms with Gasteiger partial charge in [0.25, 0.3) is 0 Å². The summed E-state index contributed by atoms with van der Waals surface area (Å²) in [7, 11) is 0. The number of carbonyl (C=O) groups excluding carboxylic acids is 1. The third-order valence-electron chi connectivity index (χ3n) is 8.55. The maximum absolute atomic E-state index is 14.7. The Balaban J connectivity index is 0.000000166. The van der Waals surface area contributed by atoms with Gasteiger partial charge >= 0.3 is 26.1 Å². The van der Waals surface area contributed by atoms with E-state index in [0.29, 0.717) is 23.2 Å². The van der Waals surface area contributed by atoms with Crippen LogP contribution in [0.2, 0.25) is 0 Å². The summed E-state index contributed by atoms with van der Waals surface area (Å²) < 4.78 is 85.6. The fourth-order valence-electron chi connectivity index (χ4n) is 6.03. The fourth-order valence-corrected chi connectivity index (χ4v) is 6.03. The molecule has 0 radical (unpaired) electrons. The van der Waals surface area contributed by atoms with Crippen LogP contribution in [-0.4, -0.2) is 27.5 Å². The quantitative estimate of drug-likeness (QED) is 0.0721. The molecule has 2 aliphatic rings. The van der Waals surface area contributed by atoms with Crippen molar-refractivity contribution in [1.29, 1.82) is 0 Å². The minimum Gasteiger partial charge on any atom is -0.463 e. The number of allylic oxidation sites excluding steroid dienone is 2. The van der Waals surface area contributed by atoms with Crippen LogP contribution in [0.5, 0.6) is 0 Å². The van der Waals surface area contributed by atoms with Gasteiger partial charge in [0, 0.05) is 47.4 Å². The van der Waals surface area contributed by atoms with E-state index < -0.39 is 46.4 Å². The standard InChI is InChI=1S/C20H16F2NO2.2C11H6F2N.Ir/c21-16-7-6-15(17-3-1-2-8-23-17)19(22)18(16)20(24)25-11-14-10-12-4-5-13(14)9-12;2*12-8-4-5-9(10(13)7-8)11-3-1-2-6-14-11;/h1-5,7-8,12-14H,9-11H2;2*1-4,6-7H;/q3*-1;+3. The summed E-state index contributed by atoms with van der Waals surface area (Å²) >= 11 is 0. The van der Waals surface area contributed by atoms with Gasteiger partial charge in [0.15, 0.2) is 0 Å². The normalized spacial score (nSPS) is 16.3. The van der Waals surface area contributed by atoms with Crippen LogP contribution >= 0.6 is 0 Å².